The molecule has 0 unspecified atom stereocenters. The highest BCUT2D eigenvalue weighted by Crippen LogP contribution is 2.31. The molecule has 4 heteroatoms. The van der Waals surface area contributed by atoms with Crippen LogP contribution in [0.1, 0.15) is 30.5 Å². The predicted molar refractivity (Wildman–Crippen MR) is 78.4 cm³/mol. The highest BCUT2D eigenvalue weighted by molar-refractivity contribution is 5.48. The number of aryl methyl sites for hydroxylation is 1. The summed E-state index contributed by atoms with van der Waals surface area (Å²) >= 11 is 0. The molecule has 20 heavy (non-hydrogen) atoms. The summed E-state index contributed by atoms with van der Waals surface area (Å²) in [6.07, 6.45) is 0.494. The lowest BCUT2D eigenvalue weighted by Gasteiger charge is -2.09. The van der Waals surface area contributed by atoms with E-state index in [1.165, 1.54) is 24.3 Å². The van der Waals surface area contributed by atoms with E-state index in [2.05, 4.69) is 0 Å². The van der Waals surface area contributed by atoms with Crippen LogP contribution in [0.4, 0.5) is 0 Å². The molecule has 0 aliphatic carbocycles. The maximum absolute atomic E-state index is 9.46. The minimum absolute atomic E-state index is 0.148. The quantitative estimate of drug-likeness (QED) is 0.633. The monoisotopic (exact) mass is 276 g/mol. The molecular weight excluding hydrogens is 256 g/mol. The first-order valence-electron chi connectivity index (χ1n) is 6.49. The van der Waals surface area contributed by atoms with Crippen molar-refractivity contribution in [3.63, 3.8) is 0 Å². The molecule has 2 rings (SSSR count). The standard InChI is InChI=1S/C14H14O4.C2H6/c1-8-4-12(16)14(18)7-10(8)5-9-2-3-11(15)13(17)6-9;1-2/h2-4,6-7,15-18H,5H2,1H3;1-2H3. The van der Waals surface area contributed by atoms with Gasteiger partial charge in [-0.2, -0.15) is 0 Å². The fourth-order valence-electron chi connectivity index (χ4n) is 1.81. The Labute approximate surface area is 118 Å². The Balaban J connectivity index is 0.000000956. The highest BCUT2D eigenvalue weighted by Gasteiger charge is 2.08. The lowest BCUT2D eigenvalue weighted by molar-refractivity contribution is 0.402. The first-order chi connectivity index (χ1) is 9.47. The van der Waals surface area contributed by atoms with E-state index >= 15 is 0 Å². The van der Waals surface area contributed by atoms with E-state index < -0.39 is 0 Å². The molecule has 0 aliphatic heterocycles. The zero-order valence-electron chi connectivity index (χ0n) is 11.9. The Kier molecular flexibility index (Phi) is 5.26. The molecule has 0 fully saturated rings. The van der Waals surface area contributed by atoms with Crippen LogP contribution in [0.25, 0.3) is 0 Å². The molecule has 0 amide bonds. The van der Waals surface area contributed by atoms with Gasteiger partial charge in [0.25, 0.3) is 0 Å². The molecule has 2 aromatic carbocycles. The Morgan fingerprint density at radius 2 is 1.30 bits per heavy atom. The molecule has 0 bridgehead atoms. The van der Waals surface area contributed by atoms with Crippen LogP contribution in [0.2, 0.25) is 0 Å². The second kappa shape index (κ2) is 6.70. The van der Waals surface area contributed by atoms with Gasteiger partial charge in [0.1, 0.15) is 0 Å². The summed E-state index contributed by atoms with van der Waals surface area (Å²) in [6, 6.07) is 7.57. The Hall–Kier alpha value is -2.36. The zero-order valence-corrected chi connectivity index (χ0v) is 11.9. The lowest BCUT2D eigenvalue weighted by Crippen LogP contribution is -1.92. The number of phenolic OH excluding ortho intramolecular Hbond substituents is 4. The fourth-order valence-corrected chi connectivity index (χ4v) is 1.81. The number of aromatic hydroxyl groups is 4. The second-order valence-electron chi connectivity index (χ2n) is 4.27. The average Bonchev–Trinajstić information content (AvgIpc) is 2.42. The van der Waals surface area contributed by atoms with Crippen molar-refractivity contribution >= 4 is 0 Å². The van der Waals surface area contributed by atoms with E-state index in [9.17, 15) is 20.4 Å². The topological polar surface area (TPSA) is 80.9 Å². The van der Waals surface area contributed by atoms with E-state index in [4.69, 9.17) is 0 Å². The van der Waals surface area contributed by atoms with Crippen LogP contribution in [0.5, 0.6) is 23.0 Å². The first-order valence-corrected chi connectivity index (χ1v) is 6.49. The van der Waals surface area contributed by atoms with Gasteiger partial charge in [-0.25, -0.2) is 0 Å². The molecule has 2 aromatic rings. The molecule has 0 saturated carbocycles. The summed E-state index contributed by atoms with van der Waals surface area (Å²) in [5, 5.41) is 37.4. The van der Waals surface area contributed by atoms with Crippen LogP contribution in [0, 0.1) is 6.92 Å². The van der Waals surface area contributed by atoms with Gasteiger partial charge in [0.05, 0.1) is 0 Å². The Morgan fingerprint density at radius 1 is 0.750 bits per heavy atom. The molecular formula is C16H20O4. The molecule has 0 spiro atoms. The van der Waals surface area contributed by atoms with E-state index in [0.717, 1.165) is 16.7 Å². The van der Waals surface area contributed by atoms with Gasteiger partial charge in [-0.1, -0.05) is 19.9 Å². The van der Waals surface area contributed by atoms with Crippen LogP contribution < -0.4 is 0 Å². The molecule has 0 atom stereocenters. The van der Waals surface area contributed by atoms with E-state index in [1.54, 1.807) is 6.07 Å². The normalized spacial score (nSPS) is 9.75. The van der Waals surface area contributed by atoms with Gasteiger partial charge >= 0.3 is 0 Å². The van der Waals surface area contributed by atoms with Crippen LogP contribution in [-0.4, -0.2) is 20.4 Å². The summed E-state index contributed by atoms with van der Waals surface area (Å²) < 4.78 is 0. The van der Waals surface area contributed by atoms with Crippen molar-refractivity contribution in [2.24, 2.45) is 0 Å². The number of hydrogen-bond acceptors (Lipinski definition) is 4. The van der Waals surface area contributed by atoms with E-state index in [1.807, 2.05) is 20.8 Å². The Bertz CT molecular complexity index is 591. The van der Waals surface area contributed by atoms with Gasteiger partial charge < -0.3 is 20.4 Å². The maximum Gasteiger partial charge on any atom is 0.157 e. The van der Waals surface area contributed by atoms with Crippen LogP contribution in [0.15, 0.2) is 30.3 Å². The summed E-state index contributed by atoms with van der Waals surface area (Å²) in [7, 11) is 0. The Morgan fingerprint density at radius 3 is 1.90 bits per heavy atom. The average molecular weight is 276 g/mol. The minimum atomic E-state index is -0.173. The van der Waals surface area contributed by atoms with Crippen molar-refractivity contribution in [2.75, 3.05) is 0 Å². The zero-order chi connectivity index (χ0) is 15.3. The van der Waals surface area contributed by atoms with Gasteiger partial charge in [0, 0.05) is 0 Å². The van der Waals surface area contributed by atoms with E-state index in [-0.39, 0.29) is 23.0 Å². The largest absolute Gasteiger partial charge is 0.504 e. The second-order valence-corrected chi connectivity index (χ2v) is 4.27. The van der Waals surface area contributed by atoms with Crippen LogP contribution >= 0.6 is 0 Å². The summed E-state index contributed by atoms with van der Waals surface area (Å²) in [6.45, 7) is 5.83. The van der Waals surface area contributed by atoms with Gasteiger partial charge in [0.15, 0.2) is 23.0 Å². The minimum Gasteiger partial charge on any atom is -0.504 e. The number of benzene rings is 2. The molecule has 4 nitrogen and oxygen atoms in total. The number of hydrogen-bond donors (Lipinski definition) is 4. The molecule has 0 aliphatic rings. The van der Waals surface area contributed by atoms with Crippen LogP contribution in [0.3, 0.4) is 0 Å². The fraction of sp³-hybridized carbons (Fsp3) is 0.250. The summed E-state index contributed by atoms with van der Waals surface area (Å²) in [4.78, 5) is 0. The number of rotatable bonds is 2. The smallest absolute Gasteiger partial charge is 0.157 e. The first kappa shape index (κ1) is 15.7. The summed E-state index contributed by atoms with van der Waals surface area (Å²) in [5.41, 5.74) is 2.49. The molecule has 4 N–H and O–H groups in total. The van der Waals surface area contributed by atoms with Gasteiger partial charge in [-0.05, 0) is 54.3 Å². The predicted octanol–water partition coefficient (Wildman–Crippen LogP) is 3.43. The number of phenols is 4. The van der Waals surface area contributed by atoms with Gasteiger partial charge in [-0.15, -0.1) is 0 Å². The van der Waals surface area contributed by atoms with Crippen molar-refractivity contribution in [2.45, 2.75) is 27.2 Å². The van der Waals surface area contributed by atoms with Crippen LogP contribution in [-0.2, 0) is 6.42 Å². The third-order valence-electron chi connectivity index (χ3n) is 2.87. The SMILES string of the molecule is CC.Cc1cc(O)c(O)cc1Cc1ccc(O)c(O)c1. The van der Waals surface area contributed by atoms with Gasteiger partial charge in [0.2, 0.25) is 0 Å². The third kappa shape index (κ3) is 3.57. The van der Waals surface area contributed by atoms with Crippen molar-refractivity contribution < 1.29 is 20.4 Å². The molecule has 0 aromatic heterocycles. The van der Waals surface area contributed by atoms with E-state index in [0.29, 0.717) is 6.42 Å². The maximum atomic E-state index is 9.46. The van der Waals surface area contributed by atoms with Gasteiger partial charge in [-0.3, -0.25) is 0 Å². The summed E-state index contributed by atoms with van der Waals surface area (Å²) in [5.74, 6) is -0.652. The molecule has 0 radical (unpaired) electrons. The molecule has 108 valence electrons. The third-order valence-corrected chi connectivity index (χ3v) is 2.87. The highest BCUT2D eigenvalue weighted by atomic mass is 16.3. The van der Waals surface area contributed by atoms with Crippen molar-refractivity contribution in [1.29, 1.82) is 0 Å². The van der Waals surface area contributed by atoms with Crippen molar-refractivity contribution in [1.82, 2.24) is 0 Å². The lowest BCUT2D eigenvalue weighted by atomic mass is 9.99. The molecule has 0 heterocycles. The van der Waals surface area contributed by atoms with Crippen molar-refractivity contribution in [3.8, 4) is 23.0 Å². The van der Waals surface area contributed by atoms with Crippen molar-refractivity contribution in [3.05, 3.63) is 47.0 Å². The molecule has 0 saturated heterocycles.